The molecule has 1 aliphatic heterocycles. The van der Waals surface area contributed by atoms with Crippen LogP contribution in [-0.2, 0) is 20.7 Å². The first kappa shape index (κ1) is 20.5. The quantitative estimate of drug-likeness (QED) is 0.563. The number of carbonyl (C=O) groups is 3. The summed E-state index contributed by atoms with van der Waals surface area (Å²) in [6.07, 6.45) is 0.317. The van der Waals surface area contributed by atoms with Gasteiger partial charge < -0.3 is 20.4 Å². The number of rotatable bonds is 8. The minimum Gasteiger partial charge on any atom is -0.361 e. The van der Waals surface area contributed by atoms with Crippen molar-refractivity contribution in [3.8, 4) is 0 Å². The second-order valence-corrected chi connectivity index (χ2v) is 7.26. The third kappa shape index (κ3) is 5.17. The second kappa shape index (κ2) is 8.40. The SMILES string of the molecule is C[C@H](NC(=O)c1cccc(=O)[nH]1)C(=O)N[C@@H](Cc1ccccc1)C(=O)[C@]1(C)CO1. The van der Waals surface area contributed by atoms with Gasteiger partial charge in [0.2, 0.25) is 11.5 Å². The van der Waals surface area contributed by atoms with Gasteiger partial charge in [-0.1, -0.05) is 36.4 Å². The van der Waals surface area contributed by atoms with Crippen LogP contribution in [0.3, 0.4) is 0 Å². The Balaban J connectivity index is 1.67. The van der Waals surface area contributed by atoms with Crippen molar-refractivity contribution in [2.45, 2.75) is 38.0 Å². The number of aromatic amines is 1. The Morgan fingerprint density at radius 2 is 1.79 bits per heavy atom. The van der Waals surface area contributed by atoms with Gasteiger partial charge in [-0.25, -0.2) is 0 Å². The Morgan fingerprint density at radius 1 is 1.10 bits per heavy atom. The number of Topliss-reactive ketones (excluding diaryl/α,β-unsaturated/α-hetero) is 1. The number of ketones is 1. The number of H-pyrrole nitrogens is 1. The number of amides is 2. The molecule has 1 saturated heterocycles. The van der Waals surface area contributed by atoms with E-state index in [0.29, 0.717) is 13.0 Å². The lowest BCUT2D eigenvalue weighted by Gasteiger charge is -2.22. The van der Waals surface area contributed by atoms with E-state index < -0.39 is 35.1 Å². The molecule has 1 aliphatic rings. The van der Waals surface area contributed by atoms with E-state index in [9.17, 15) is 19.2 Å². The Bertz CT molecular complexity index is 966. The minimum atomic E-state index is -0.912. The predicted octanol–water partition coefficient (Wildman–Crippen LogP) is 0.579. The topological polar surface area (TPSA) is 121 Å². The molecule has 2 aromatic rings. The third-order valence-corrected chi connectivity index (χ3v) is 4.77. The lowest BCUT2D eigenvalue weighted by Crippen LogP contribution is -2.53. The molecule has 2 amide bonds. The van der Waals surface area contributed by atoms with E-state index in [2.05, 4.69) is 15.6 Å². The van der Waals surface area contributed by atoms with Gasteiger partial charge in [0.1, 0.15) is 17.3 Å². The Labute approximate surface area is 167 Å². The molecular weight excluding hydrogens is 374 g/mol. The number of pyridine rings is 1. The molecular formula is C21H23N3O5. The maximum Gasteiger partial charge on any atom is 0.268 e. The predicted molar refractivity (Wildman–Crippen MR) is 105 cm³/mol. The summed E-state index contributed by atoms with van der Waals surface area (Å²) in [5, 5.41) is 5.25. The molecule has 8 nitrogen and oxygen atoms in total. The van der Waals surface area contributed by atoms with Crippen molar-refractivity contribution in [3.63, 3.8) is 0 Å². The summed E-state index contributed by atoms with van der Waals surface area (Å²) in [7, 11) is 0. The normalized spacial score (nSPS) is 19.7. The summed E-state index contributed by atoms with van der Waals surface area (Å²) in [5.74, 6) is -1.30. The van der Waals surface area contributed by atoms with E-state index in [1.165, 1.54) is 25.1 Å². The smallest absolute Gasteiger partial charge is 0.268 e. The fourth-order valence-corrected chi connectivity index (χ4v) is 2.90. The van der Waals surface area contributed by atoms with Crippen molar-refractivity contribution >= 4 is 17.6 Å². The van der Waals surface area contributed by atoms with E-state index in [1.807, 2.05) is 30.3 Å². The highest BCUT2D eigenvalue weighted by Gasteiger charge is 2.50. The summed E-state index contributed by atoms with van der Waals surface area (Å²) in [6.45, 7) is 3.52. The molecule has 0 unspecified atom stereocenters. The first-order chi connectivity index (χ1) is 13.8. The van der Waals surface area contributed by atoms with Crippen LogP contribution in [0, 0.1) is 0 Å². The van der Waals surface area contributed by atoms with E-state index in [0.717, 1.165) is 5.56 Å². The van der Waals surface area contributed by atoms with Crippen LogP contribution in [0.2, 0.25) is 0 Å². The van der Waals surface area contributed by atoms with Crippen LogP contribution in [0.5, 0.6) is 0 Å². The van der Waals surface area contributed by atoms with E-state index >= 15 is 0 Å². The van der Waals surface area contributed by atoms with Crippen molar-refractivity contribution in [1.29, 1.82) is 0 Å². The monoisotopic (exact) mass is 397 g/mol. The molecule has 0 saturated carbocycles. The van der Waals surface area contributed by atoms with Crippen LogP contribution in [0.25, 0.3) is 0 Å². The van der Waals surface area contributed by atoms with Crippen molar-refractivity contribution in [1.82, 2.24) is 15.6 Å². The zero-order chi connectivity index (χ0) is 21.0. The van der Waals surface area contributed by atoms with Crippen molar-refractivity contribution in [2.24, 2.45) is 0 Å². The molecule has 0 aliphatic carbocycles. The Hall–Kier alpha value is -3.26. The maximum atomic E-state index is 12.8. The van der Waals surface area contributed by atoms with E-state index in [4.69, 9.17) is 4.74 Å². The molecule has 0 spiro atoms. The number of hydrogen-bond donors (Lipinski definition) is 3. The van der Waals surface area contributed by atoms with Crippen molar-refractivity contribution in [3.05, 3.63) is 70.1 Å². The minimum absolute atomic E-state index is 0.0490. The van der Waals surface area contributed by atoms with Gasteiger partial charge in [-0.05, 0) is 31.9 Å². The summed E-state index contributed by atoms with van der Waals surface area (Å²) in [6, 6.07) is 11.8. The highest BCUT2D eigenvalue weighted by molar-refractivity contribution is 5.99. The van der Waals surface area contributed by atoms with Gasteiger partial charge in [0.05, 0.1) is 12.6 Å². The lowest BCUT2D eigenvalue weighted by atomic mass is 9.94. The van der Waals surface area contributed by atoms with Crippen LogP contribution in [-0.4, -0.2) is 46.9 Å². The summed E-state index contributed by atoms with van der Waals surface area (Å²) >= 11 is 0. The number of epoxide rings is 1. The molecule has 1 aromatic heterocycles. The first-order valence-corrected chi connectivity index (χ1v) is 9.31. The fraction of sp³-hybridized carbons (Fsp3) is 0.333. The number of ether oxygens (including phenoxy) is 1. The van der Waals surface area contributed by atoms with Gasteiger partial charge in [0, 0.05) is 6.07 Å². The average Bonchev–Trinajstić information content (AvgIpc) is 3.46. The van der Waals surface area contributed by atoms with Gasteiger partial charge >= 0.3 is 0 Å². The van der Waals surface area contributed by atoms with Gasteiger partial charge in [-0.3, -0.25) is 19.2 Å². The molecule has 152 valence electrons. The Kier molecular flexibility index (Phi) is 5.93. The molecule has 0 radical (unpaired) electrons. The molecule has 3 N–H and O–H groups in total. The number of hydrogen-bond acceptors (Lipinski definition) is 5. The molecule has 3 atom stereocenters. The van der Waals surface area contributed by atoms with Crippen LogP contribution in [0.1, 0.15) is 29.9 Å². The third-order valence-electron chi connectivity index (χ3n) is 4.77. The second-order valence-electron chi connectivity index (χ2n) is 7.26. The van der Waals surface area contributed by atoms with Crippen molar-refractivity contribution < 1.29 is 19.1 Å². The van der Waals surface area contributed by atoms with E-state index in [1.54, 1.807) is 6.92 Å². The molecule has 29 heavy (non-hydrogen) atoms. The maximum absolute atomic E-state index is 12.8. The molecule has 1 aromatic carbocycles. The Morgan fingerprint density at radius 3 is 2.41 bits per heavy atom. The zero-order valence-corrected chi connectivity index (χ0v) is 16.2. The van der Waals surface area contributed by atoms with Gasteiger partial charge in [0.15, 0.2) is 5.78 Å². The summed E-state index contributed by atoms with van der Waals surface area (Å²) in [5.41, 5.74) is -0.356. The highest BCUT2D eigenvalue weighted by atomic mass is 16.6. The summed E-state index contributed by atoms with van der Waals surface area (Å²) < 4.78 is 5.25. The van der Waals surface area contributed by atoms with Crippen LogP contribution >= 0.6 is 0 Å². The first-order valence-electron chi connectivity index (χ1n) is 9.31. The van der Waals surface area contributed by atoms with Gasteiger partial charge in [-0.15, -0.1) is 0 Å². The average molecular weight is 397 g/mol. The van der Waals surface area contributed by atoms with Crippen LogP contribution in [0.15, 0.2) is 53.3 Å². The van der Waals surface area contributed by atoms with Gasteiger partial charge in [-0.2, -0.15) is 0 Å². The van der Waals surface area contributed by atoms with Crippen LogP contribution in [0.4, 0.5) is 0 Å². The van der Waals surface area contributed by atoms with Gasteiger partial charge in [0.25, 0.3) is 5.91 Å². The van der Waals surface area contributed by atoms with Crippen LogP contribution < -0.4 is 16.2 Å². The largest absolute Gasteiger partial charge is 0.361 e. The molecule has 1 fully saturated rings. The van der Waals surface area contributed by atoms with E-state index in [-0.39, 0.29) is 11.5 Å². The number of nitrogens with one attached hydrogen (secondary N) is 3. The lowest BCUT2D eigenvalue weighted by molar-refractivity contribution is -0.131. The fourth-order valence-electron chi connectivity index (χ4n) is 2.90. The molecule has 8 heteroatoms. The number of carbonyl (C=O) groups excluding carboxylic acids is 3. The zero-order valence-electron chi connectivity index (χ0n) is 16.2. The molecule has 0 bridgehead atoms. The molecule has 2 heterocycles. The number of benzene rings is 1. The van der Waals surface area contributed by atoms with Crippen molar-refractivity contribution in [2.75, 3.05) is 6.61 Å². The highest BCUT2D eigenvalue weighted by Crippen LogP contribution is 2.29. The number of aromatic nitrogens is 1. The summed E-state index contributed by atoms with van der Waals surface area (Å²) in [4.78, 5) is 51.4. The standard InChI is InChI=1S/C21H23N3O5/c1-13(22-20(28)15-9-6-10-17(25)23-15)19(27)24-16(18(26)21(2)12-29-21)11-14-7-4-3-5-8-14/h3-10,13,16H,11-12H2,1-2H3,(H,22,28)(H,23,25)(H,24,27)/t13-,16-,21-/m0/s1. The molecule has 3 rings (SSSR count).